The van der Waals surface area contributed by atoms with E-state index in [1.165, 1.54) is 11.1 Å². The highest BCUT2D eigenvalue weighted by Crippen LogP contribution is 2.07. The van der Waals surface area contributed by atoms with Gasteiger partial charge in [0.15, 0.2) is 0 Å². The molecule has 1 aromatic heterocycles. The first-order valence-electron chi connectivity index (χ1n) is 6.58. The van der Waals surface area contributed by atoms with Crippen LogP contribution in [0.2, 0.25) is 0 Å². The van der Waals surface area contributed by atoms with E-state index in [0.717, 1.165) is 25.8 Å². The normalized spacial score (nSPS) is 12.6. The van der Waals surface area contributed by atoms with Crippen LogP contribution in [-0.2, 0) is 19.4 Å². The standard InChI is InChI=1S/C15H21N3/c1-2-8-18-12-14(11-17-18)10-15(16)9-13-6-4-3-5-7-13/h3-7,11-12,15H,2,8-10,16H2,1H3. The van der Waals surface area contributed by atoms with Crippen molar-refractivity contribution in [2.45, 2.75) is 38.8 Å². The summed E-state index contributed by atoms with van der Waals surface area (Å²) in [5.74, 6) is 0. The number of hydrogen-bond donors (Lipinski definition) is 1. The van der Waals surface area contributed by atoms with Gasteiger partial charge in [0.2, 0.25) is 0 Å². The van der Waals surface area contributed by atoms with Gasteiger partial charge in [-0.05, 0) is 30.4 Å². The van der Waals surface area contributed by atoms with Gasteiger partial charge in [0, 0.05) is 18.8 Å². The molecule has 1 heterocycles. The van der Waals surface area contributed by atoms with Gasteiger partial charge < -0.3 is 5.73 Å². The molecule has 0 spiro atoms. The summed E-state index contributed by atoms with van der Waals surface area (Å²) in [7, 11) is 0. The summed E-state index contributed by atoms with van der Waals surface area (Å²) < 4.78 is 1.99. The van der Waals surface area contributed by atoms with Crippen LogP contribution >= 0.6 is 0 Å². The van der Waals surface area contributed by atoms with Crippen molar-refractivity contribution in [2.75, 3.05) is 0 Å². The third kappa shape index (κ3) is 3.70. The Kier molecular flexibility index (Phi) is 4.53. The van der Waals surface area contributed by atoms with E-state index in [1.807, 2.05) is 16.9 Å². The highest BCUT2D eigenvalue weighted by Gasteiger charge is 2.07. The molecule has 2 rings (SSSR count). The molecule has 0 fully saturated rings. The lowest BCUT2D eigenvalue weighted by Gasteiger charge is -2.10. The Morgan fingerprint density at radius 3 is 2.61 bits per heavy atom. The molecular formula is C15H21N3. The van der Waals surface area contributed by atoms with E-state index in [9.17, 15) is 0 Å². The Balaban J connectivity index is 1.88. The van der Waals surface area contributed by atoms with E-state index in [0.29, 0.717) is 0 Å². The lowest BCUT2D eigenvalue weighted by molar-refractivity contribution is 0.601. The molecule has 2 N–H and O–H groups in total. The average molecular weight is 243 g/mol. The molecule has 0 aliphatic heterocycles. The van der Waals surface area contributed by atoms with E-state index < -0.39 is 0 Å². The third-order valence-corrected chi connectivity index (χ3v) is 2.98. The van der Waals surface area contributed by atoms with Crippen molar-refractivity contribution in [3.05, 3.63) is 53.9 Å². The minimum Gasteiger partial charge on any atom is -0.327 e. The van der Waals surface area contributed by atoms with Gasteiger partial charge in [-0.25, -0.2) is 0 Å². The van der Waals surface area contributed by atoms with Crippen LogP contribution in [-0.4, -0.2) is 15.8 Å². The fourth-order valence-corrected chi connectivity index (χ4v) is 2.15. The summed E-state index contributed by atoms with van der Waals surface area (Å²) in [4.78, 5) is 0. The van der Waals surface area contributed by atoms with Crippen LogP contribution in [0, 0.1) is 0 Å². The smallest absolute Gasteiger partial charge is 0.0522 e. The Morgan fingerprint density at radius 2 is 1.89 bits per heavy atom. The van der Waals surface area contributed by atoms with Gasteiger partial charge in [0.1, 0.15) is 0 Å². The fraction of sp³-hybridized carbons (Fsp3) is 0.400. The molecule has 3 nitrogen and oxygen atoms in total. The van der Waals surface area contributed by atoms with Crippen molar-refractivity contribution in [1.29, 1.82) is 0 Å². The third-order valence-electron chi connectivity index (χ3n) is 2.98. The van der Waals surface area contributed by atoms with Crippen molar-refractivity contribution in [3.8, 4) is 0 Å². The molecule has 96 valence electrons. The molecule has 0 saturated carbocycles. The average Bonchev–Trinajstić information content (AvgIpc) is 2.78. The maximum Gasteiger partial charge on any atom is 0.0522 e. The Hall–Kier alpha value is -1.61. The van der Waals surface area contributed by atoms with E-state index in [2.05, 4.69) is 42.5 Å². The van der Waals surface area contributed by atoms with Crippen LogP contribution in [0.15, 0.2) is 42.7 Å². The number of aromatic nitrogens is 2. The second-order valence-corrected chi connectivity index (χ2v) is 4.77. The van der Waals surface area contributed by atoms with Crippen LogP contribution < -0.4 is 5.73 Å². The van der Waals surface area contributed by atoms with E-state index in [4.69, 9.17) is 5.73 Å². The number of nitrogens with two attached hydrogens (primary N) is 1. The predicted molar refractivity (Wildman–Crippen MR) is 74.3 cm³/mol. The summed E-state index contributed by atoms with van der Waals surface area (Å²) in [6.45, 7) is 3.14. The number of rotatable bonds is 6. The molecule has 0 radical (unpaired) electrons. The second kappa shape index (κ2) is 6.36. The highest BCUT2D eigenvalue weighted by atomic mass is 15.3. The van der Waals surface area contributed by atoms with E-state index >= 15 is 0 Å². The van der Waals surface area contributed by atoms with Gasteiger partial charge >= 0.3 is 0 Å². The van der Waals surface area contributed by atoms with E-state index in [1.54, 1.807) is 0 Å². The van der Waals surface area contributed by atoms with Gasteiger partial charge in [-0.3, -0.25) is 4.68 Å². The molecule has 0 amide bonds. The van der Waals surface area contributed by atoms with Crippen molar-refractivity contribution in [1.82, 2.24) is 9.78 Å². The van der Waals surface area contributed by atoms with Crippen molar-refractivity contribution in [2.24, 2.45) is 5.73 Å². The lowest BCUT2D eigenvalue weighted by Crippen LogP contribution is -2.25. The molecule has 1 atom stereocenters. The van der Waals surface area contributed by atoms with Crippen LogP contribution in [0.3, 0.4) is 0 Å². The van der Waals surface area contributed by atoms with Gasteiger partial charge in [0.05, 0.1) is 6.20 Å². The first-order chi connectivity index (χ1) is 8.78. The van der Waals surface area contributed by atoms with E-state index in [-0.39, 0.29) is 6.04 Å². The van der Waals surface area contributed by atoms with Gasteiger partial charge in [-0.15, -0.1) is 0 Å². The largest absolute Gasteiger partial charge is 0.327 e. The molecular weight excluding hydrogens is 222 g/mol. The Morgan fingerprint density at radius 1 is 1.17 bits per heavy atom. The molecule has 0 saturated heterocycles. The molecule has 1 unspecified atom stereocenters. The van der Waals surface area contributed by atoms with Crippen molar-refractivity contribution < 1.29 is 0 Å². The van der Waals surface area contributed by atoms with Crippen molar-refractivity contribution >= 4 is 0 Å². The van der Waals surface area contributed by atoms with Crippen molar-refractivity contribution in [3.63, 3.8) is 0 Å². The van der Waals surface area contributed by atoms with Gasteiger partial charge in [-0.2, -0.15) is 5.10 Å². The summed E-state index contributed by atoms with van der Waals surface area (Å²) in [5.41, 5.74) is 8.71. The second-order valence-electron chi connectivity index (χ2n) is 4.77. The summed E-state index contributed by atoms with van der Waals surface area (Å²) >= 11 is 0. The molecule has 2 aromatic rings. The summed E-state index contributed by atoms with van der Waals surface area (Å²) in [5, 5.41) is 4.33. The monoisotopic (exact) mass is 243 g/mol. The maximum absolute atomic E-state index is 6.18. The number of aryl methyl sites for hydroxylation is 1. The topological polar surface area (TPSA) is 43.8 Å². The minimum absolute atomic E-state index is 0.159. The molecule has 0 bridgehead atoms. The zero-order chi connectivity index (χ0) is 12.8. The predicted octanol–water partition coefficient (Wildman–Crippen LogP) is 2.41. The zero-order valence-corrected chi connectivity index (χ0v) is 10.9. The summed E-state index contributed by atoms with van der Waals surface area (Å²) in [6.07, 6.45) is 6.95. The first-order valence-corrected chi connectivity index (χ1v) is 6.58. The van der Waals surface area contributed by atoms with Gasteiger partial charge in [-0.1, -0.05) is 37.3 Å². The lowest BCUT2D eigenvalue weighted by atomic mass is 10.0. The minimum atomic E-state index is 0.159. The first kappa shape index (κ1) is 12.8. The molecule has 0 aliphatic carbocycles. The zero-order valence-electron chi connectivity index (χ0n) is 10.9. The molecule has 18 heavy (non-hydrogen) atoms. The number of benzene rings is 1. The fourth-order valence-electron chi connectivity index (χ4n) is 2.15. The number of hydrogen-bond acceptors (Lipinski definition) is 2. The molecule has 1 aromatic carbocycles. The SMILES string of the molecule is CCCn1cc(CC(N)Cc2ccccc2)cn1. The Bertz CT molecular complexity index is 462. The molecule has 3 heteroatoms. The van der Waals surface area contributed by atoms with Crippen LogP contribution in [0.25, 0.3) is 0 Å². The van der Waals surface area contributed by atoms with Crippen LogP contribution in [0.5, 0.6) is 0 Å². The van der Waals surface area contributed by atoms with Gasteiger partial charge in [0.25, 0.3) is 0 Å². The number of nitrogens with zero attached hydrogens (tertiary/aromatic N) is 2. The quantitative estimate of drug-likeness (QED) is 0.846. The highest BCUT2D eigenvalue weighted by molar-refractivity contribution is 5.17. The molecule has 0 aliphatic rings. The summed E-state index contributed by atoms with van der Waals surface area (Å²) in [6, 6.07) is 10.6. The van der Waals surface area contributed by atoms with Crippen LogP contribution in [0.4, 0.5) is 0 Å². The Labute approximate surface area is 109 Å². The van der Waals surface area contributed by atoms with Crippen LogP contribution in [0.1, 0.15) is 24.5 Å². The maximum atomic E-state index is 6.18.